The van der Waals surface area contributed by atoms with Crippen LogP contribution in [0.5, 0.6) is 0 Å². The van der Waals surface area contributed by atoms with Crippen molar-refractivity contribution in [1.82, 2.24) is 16.2 Å². The Labute approximate surface area is 136 Å². The van der Waals surface area contributed by atoms with Gasteiger partial charge in [0.15, 0.2) is 5.82 Å². The summed E-state index contributed by atoms with van der Waals surface area (Å²) in [6.07, 6.45) is 0.403. The van der Waals surface area contributed by atoms with Crippen LogP contribution >= 0.6 is 0 Å². The number of amides is 3. The molecule has 3 N–H and O–H groups in total. The molecule has 2 rings (SSSR count). The van der Waals surface area contributed by atoms with Gasteiger partial charge < -0.3 is 10.1 Å². The molecule has 0 radical (unpaired) electrons. The molecule has 0 unspecified atom stereocenters. The fraction of sp³-hybridized carbons (Fsp3) is 0.286. The van der Waals surface area contributed by atoms with E-state index in [0.29, 0.717) is 12.1 Å². The zero-order chi connectivity index (χ0) is 17.5. The van der Waals surface area contributed by atoms with Crippen molar-refractivity contribution in [2.24, 2.45) is 4.99 Å². The topological polar surface area (TPSA) is 112 Å². The fourth-order valence-corrected chi connectivity index (χ4v) is 2.04. The third kappa shape index (κ3) is 4.41. The van der Waals surface area contributed by atoms with Gasteiger partial charge in [-0.25, -0.2) is 14.2 Å². The van der Waals surface area contributed by atoms with E-state index < -0.39 is 18.0 Å². The first kappa shape index (κ1) is 17.2. The fourth-order valence-electron chi connectivity index (χ4n) is 2.04. The van der Waals surface area contributed by atoms with E-state index >= 15 is 0 Å². The summed E-state index contributed by atoms with van der Waals surface area (Å²) in [6.45, 7) is 1.76. The predicted octanol–water partition coefficient (Wildman–Crippen LogP) is 0.197. The lowest BCUT2D eigenvalue weighted by Crippen LogP contribution is -2.33. The molecule has 1 fully saturated rings. The number of hydrogen-bond acceptors (Lipinski definition) is 5. The molecule has 1 saturated heterocycles. The molecule has 0 aromatic heterocycles. The van der Waals surface area contributed by atoms with Crippen LogP contribution in [0.15, 0.2) is 23.2 Å². The van der Waals surface area contributed by atoms with Crippen LogP contribution in [0.3, 0.4) is 0 Å². The maximum absolute atomic E-state index is 14.0. The lowest BCUT2D eigenvalue weighted by molar-refractivity contribution is -0.119. The second-order valence-electron chi connectivity index (χ2n) is 4.85. The standard InChI is InChI=1S/C14H16FN5O4/c1-9(22)16-5-11-6-20(14(23)24-11)10-2-3-13(12(15)4-10)17-7-18-19-8-21/h2-4,7-8,11H,5-6H2,1H3,(H,16,22)(H,17,18)(H,19,21)/t11-/m0/s1. The summed E-state index contributed by atoms with van der Waals surface area (Å²) in [5.74, 6) is -0.870. The highest BCUT2D eigenvalue weighted by molar-refractivity contribution is 5.90. The number of hydrazine groups is 1. The van der Waals surface area contributed by atoms with Crippen LogP contribution in [-0.2, 0) is 14.3 Å². The Balaban J connectivity index is 2.03. The van der Waals surface area contributed by atoms with Gasteiger partial charge in [0.2, 0.25) is 12.3 Å². The number of rotatable bonds is 7. The third-order valence-electron chi connectivity index (χ3n) is 3.11. The van der Waals surface area contributed by atoms with Gasteiger partial charge in [0, 0.05) is 6.92 Å². The summed E-state index contributed by atoms with van der Waals surface area (Å²) < 4.78 is 19.1. The van der Waals surface area contributed by atoms with Crippen molar-refractivity contribution in [2.75, 3.05) is 18.0 Å². The molecule has 1 aromatic carbocycles. The quantitative estimate of drug-likeness (QED) is 0.216. The molecular weight excluding hydrogens is 321 g/mol. The minimum absolute atomic E-state index is 0.0290. The van der Waals surface area contributed by atoms with E-state index in [4.69, 9.17) is 4.74 Å². The largest absolute Gasteiger partial charge is 0.442 e. The van der Waals surface area contributed by atoms with Crippen molar-refractivity contribution in [1.29, 1.82) is 0 Å². The van der Waals surface area contributed by atoms with Crippen molar-refractivity contribution < 1.29 is 23.5 Å². The Morgan fingerprint density at radius 3 is 2.96 bits per heavy atom. The summed E-state index contributed by atoms with van der Waals surface area (Å²) >= 11 is 0. The lowest BCUT2D eigenvalue weighted by atomic mass is 10.2. The van der Waals surface area contributed by atoms with Crippen LogP contribution in [0.25, 0.3) is 0 Å². The molecule has 128 valence electrons. The van der Waals surface area contributed by atoms with Crippen LogP contribution in [0.4, 0.5) is 20.6 Å². The number of halogens is 1. The second kappa shape index (κ2) is 7.90. The summed E-state index contributed by atoms with van der Waals surface area (Å²) in [5.41, 5.74) is 4.79. The zero-order valence-electron chi connectivity index (χ0n) is 12.8. The van der Waals surface area contributed by atoms with Crippen molar-refractivity contribution in [3.8, 4) is 0 Å². The monoisotopic (exact) mass is 337 g/mol. The predicted molar refractivity (Wildman–Crippen MR) is 83.2 cm³/mol. The van der Waals surface area contributed by atoms with Crippen LogP contribution in [-0.4, -0.2) is 43.9 Å². The van der Waals surface area contributed by atoms with Crippen LogP contribution in [0, 0.1) is 5.82 Å². The average Bonchev–Trinajstić information content (AvgIpc) is 2.92. The van der Waals surface area contributed by atoms with Gasteiger partial charge >= 0.3 is 6.09 Å². The molecular formula is C14H16FN5O4. The van der Waals surface area contributed by atoms with Gasteiger partial charge in [-0.3, -0.25) is 25.3 Å². The highest BCUT2D eigenvalue weighted by Gasteiger charge is 2.32. The van der Waals surface area contributed by atoms with Gasteiger partial charge in [-0.05, 0) is 18.2 Å². The van der Waals surface area contributed by atoms with E-state index in [1.807, 2.05) is 0 Å². The first-order valence-electron chi connectivity index (χ1n) is 7.00. The van der Waals surface area contributed by atoms with Crippen molar-refractivity contribution in [3.05, 3.63) is 24.0 Å². The third-order valence-corrected chi connectivity index (χ3v) is 3.11. The molecule has 24 heavy (non-hydrogen) atoms. The molecule has 0 aliphatic carbocycles. The normalized spacial score (nSPS) is 16.8. The smallest absolute Gasteiger partial charge is 0.414 e. The van der Waals surface area contributed by atoms with Gasteiger partial charge in [-0.15, -0.1) is 0 Å². The Morgan fingerprint density at radius 2 is 2.29 bits per heavy atom. The van der Waals surface area contributed by atoms with E-state index in [1.165, 1.54) is 24.0 Å². The minimum Gasteiger partial charge on any atom is -0.442 e. The molecule has 1 heterocycles. The minimum atomic E-state index is -0.644. The first-order chi connectivity index (χ1) is 11.5. The van der Waals surface area contributed by atoms with E-state index in [0.717, 1.165) is 12.4 Å². The van der Waals surface area contributed by atoms with Crippen molar-refractivity contribution in [2.45, 2.75) is 13.0 Å². The molecule has 3 amide bonds. The average molecular weight is 337 g/mol. The molecule has 10 heteroatoms. The number of nitrogens with zero attached hydrogens (tertiary/aromatic N) is 2. The number of ether oxygens (including phenoxy) is 1. The number of nitrogens with one attached hydrogen (secondary N) is 3. The lowest BCUT2D eigenvalue weighted by Gasteiger charge is -2.13. The van der Waals surface area contributed by atoms with Crippen LogP contribution in [0.1, 0.15) is 6.92 Å². The van der Waals surface area contributed by atoms with Gasteiger partial charge in [0.25, 0.3) is 0 Å². The van der Waals surface area contributed by atoms with E-state index in [1.54, 1.807) is 0 Å². The summed E-state index contributed by atoms with van der Waals surface area (Å²) in [4.78, 5) is 37.8. The van der Waals surface area contributed by atoms with E-state index in [-0.39, 0.29) is 24.7 Å². The SMILES string of the molecule is CC(=O)NC[C@H]1CN(c2ccc(N=CNNC=O)c(F)c2)C(=O)O1. The molecule has 1 aliphatic rings. The Hall–Kier alpha value is -3.17. The van der Waals surface area contributed by atoms with E-state index in [2.05, 4.69) is 21.2 Å². The molecule has 1 aliphatic heterocycles. The highest BCUT2D eigenvalue weighted by Crippen LogP contribution is 2.27. The van der Waals surface area contributed by atoms with Gasteiger partial charge in [0.1, 0.15) is 18.1 Å². The number of hydrogen-bond donors (Lipinski definition) is 3. The molecule has 0 saturated carbocycles. The van der Waals surface area contributed by atoms with Gasteiger partial charge in [0.05, 0.1) is 18.8 Å². The molecule has 1 atom stereocenters. The Kier molecular flexibility index (Phi) is 5.66. The van der Waals surface area contributed by atoms with Crippen LogP contribution < -0.4 is 21.1 Å². The maximum atomic E-state index is 14.0. The highest BCUT2D eigenvalue weighted by atomic mass is 19.1. The zero-order valence-corrected chi connectivity index (χ0v) is 12.8. The van der Waals surface area contributed by atoms with Crippen LogP contribution in [0.2, 0.25) is 0 Å². The number of carbonyl (C=O) groups excluding carboxylic acids is 3. The molecule has 1 aromatic rings. The maximum Gasteiger partial charge on any atom is 0.414 e. The Bertz CT molecular complexity index is 667. The summed E-state index contributed by atoms with van der Waals surface area (Å²) in [7, 11) is 0. The molecule has 0 spiro atoms. The summed E-state index contributed by atoms with van der Waals surface area (Å²) in [5, 5.41) is 2.56. The number of carbonyl (C=O) groups is 3. The van der Waals surface area contributed by atoms with Gasteiger partial charge in [-0.1, -0.05) is 0 Å². The first-order valence-corrected chi connectivity index (χ1v) is 7.00. The van der Waals surface area contributed by atoms with Gasteiger partial charge in [-0.2, -0.15) is 0 Å². The van der Waals surface area contributed by atoms with E-state index in [9.17, 15) is 18.8 Å². The number of benzene rings is 1. The number of aliphatic imine (C=N–C) groups is 1. The second-order valence-corrected chi connectivity index (χ2v) is 4.85. The summed E-state index contributed by atoms with van der Waals surface area (Å²) in [6, 6.07) is 4.06. The molecule has 9 nitrogen and oxygen atoms in total. The van der Waals surface area contributed by atoms with Crippen molar-refractivity contribution >= 4 is 36.1 Å². The Morgan fingerprint density at radius 1 is 1.50 bits per heavy atom. The molecule has 0 bridgehead atoms. The number of cyclic esters (lactones) is 1. The number of anilines is 1. The van der Waals surface area contributed by atoms with Crippen molar-refractivity contribution in [3.63, 3.8) is 0 Å².